The summed E-state index contributed by atoms with van der Waals surface area (Å²) in [5.74, 6) is -0.482. The number of aromatic nitrogens is 1. The Kier molecular flexibility index (Phi) is 10.3. The normalized spacial score (nSPS) is 14.0. The molecule has 35 heavy (non-hydrogen) atoms. The van der Waals surface area contributed by atoms with E-state index in [2.05, 4.69) is 11.1 Å². The number of unbranched alkanes of at least 4 members (excludes halogenated alkanes) is 1. The first kappa shape index (κ1) is 27.3. The van der Waals surface area contributed by atoms with Crippen molar-refractivity contribution >= 4 is 39.2 Å². The van der Waals surface area contributed by atoms with Gasteiger partial charge in [0.15, 0.2) is 9.84 Å². The number of halogens is 1. The van der Waals surface area contributed by atoms with E-state index in [0.29, 0.717) is 27.8 Å². The molecule has 0 radical (unpaired) electrons. The van der Waals surface area contributed by atoms with Crippen molar-refractivity contribution in [2.45, 2.75) is 56.6 Å². The molecule has 0 amide bonds. The number of thioether (sulfide) groups is 1. The maximum absolute atomic E-state index is 12.6. The minimum Gasteiger partial charge on any atom is -0.490 e. The number of fused-ring (bicyclic) bond motifs is 1. The molecule has 188 valence electrons. The molecule has 0 saturated heterocycles. The molecule has 0 bridgehead atoms. The van der Waals surface area contributed by atoms with Gasteiger partial charge in [-0.3, -0.25) is 4.79 Å². The summed E-state index contributed by atoms with van der Waals surface area (Å²) in [6, 6.07) is 10.7. The number of nitrogens with zero attached hydrogens (tertiary/aromatic N) is 2. The fraction of sp³-hybridized carbons (Fsp3) is 0.480. The van der Waals surface area contributed by atoms with Gasteiger partial charge >= 0.3 is 5.97 Å². The van der Waals surface area contributed by atoms with Crippen LogP contribution in [-0.2, 0) is 32.2 Å². The topological polar surface area (TPSA) is 106 Å². The minimum atomic E-state index is -3.43. The molecular formula is C25H29ClN2O5S2. The van der Waals surface area contributed by atoms with Gasteiger partial charge in [0.05, 0.1) is 22.8 Å². The first-order valence-electron chi connectivity index (χ1n) is 11.6. The van der Waals surface area contributed by atoms with E-state index >= 15 is 0 Å². The lowest BCUT2D eigenvalue weighted by atomic mass is 9.95. The number of sulfone groups is 1. The van der Waals surface area contributed by atoms with Crippen molar-refractivity contribution in [3.63, 3.8) is 0 Å². The highest BCUT2D eigenvalue weighted by Crippen LogP contribution is 2.27. The zero-order valence-electron chi connectivity index (χ0n) is 19.7. The van der Waals surface area contributed by atoms with E-state index in [1.165, 1.54) is 0 Å². The molecule has 10 heteroatoms. The number of hydrogen-bond acceptors (Lipinski definition) is 8. The van der Waals surface area contributed by atoms with Gasteiger partial charge in [0.25, 0.3) is 0 Å². The molecule has 1 atom stereocenters. The fourth-order valence-electron chi connectivity index (χ4n) is 3.72. The summed E-state index contributed by atoms with van der Waals surface area (Å²) in [5.41, 5.74) is 2.51. The first-order chi connectivity index (χ1) is 16.8. The molecule has 1 aromatic carbocycles. The summed E-state index contributed by atoms with van der Waals surface area (Å²) >= 11 is 7.02. The van der Waals surface area contributed by atoms with E-state index in [1.54, 1.807) is 24.3 Å². The zero-order chi connectivity index (χ0) is 25.3. The Hall–Kier alpha value is -2.28. The highest BCUT2D eigenvalue weighted by molar-refractivity contribution is 7.99. The van der Waals surface area contributed by atoms with Gasteiger partial charge in [-0.15, -0.1) is 0 Å². The fourth-order valence-corrected chi connectivity index (χ4v) is 6.23. The van der Waals surface area contributed by atoms with E-state index in [4.69, 9.17) is 21.1 Å². The number of rotatable bonds is 12. The molecule has 0 saturated carbocycles. The van der Waals surface area contributed by atoms with E-state index in [1.807, 2.05) is 13.0 Å². The second-order valence-electron chi connectivity index (χ2n) is 8.40. The van der Waals surface area contributed by atoms with Crippen LogP contribution in [0.15, 0.2) is 35.4 Å². The third-order valence-electron chi connectivity index (χ3n) is 5.51. The average Bonchev–Trinajstić information content (AvgIpc) is 2.85. The Morgan fingerprint density at radius 3 is 2.71 bits per heavy atom. The molecule has 2 aromatic rings. The lowest BCUT2D eigenvalue weighted by Gasteiger charge is -2.19. The Bertz CT molecular complexity index is 1160. The molecule has 1 aliphatic carbocycles. The molecule has 0 aliphatic heterocycles. The Labute approximate surface area is 216 Å². The van der Waals surface area contributed by atoms with Crippen molar-refractivity contribution in [3.8, 4) is 11.8 Å². The van der Waals surface area contributed by atoms with Gasteiger partial charge in [-0.25, -0.2) is 13.4 Å². The predicted molar refractivity (Wildman–Crippen MR) is 137 cm³/mol. The third kappa shape index (κ3) is 8.71. The van der Waals surface area contributed by atoms with Crippen LogP contribution in [0.4, 0.5) is 0 Å². The predicted octanol–water partition coefficient (Wildman–Crippen LogP) is 4.78. The second kappa shape index (κ2) is 13.1. The number of carbonyl (C=O) groups excluding carboxylic acids is 1. The molecule has 1 aliphatic rings. The summed E-state index contributed by atoms with van der Waals surface area (Å²) < 4.78 is 36.2. The third-order valence-corrected chi connectivity index (χ3v) is 8.52. The monoisotopic (exact) mass is 536 g/mol. The van der Waals surface area contributed by atoms with Crippen LogP contribution in [0.3, 0.4) is 0 Å². The number of benzene rings is 1. The number of carbonyl (C=O) groups is 1. The number of nitriles is 1. The van der Waals surface area contributed by atoms with Crippen molar-refractivity contribution < 1.29 is 22.7 Å². The molecule has 1 unspecified atom stereocenters. The van der Waals surface area contributed by atoms with Crippen LogP contribution in [-0.4, -0.2) is 49.3 Å². The van der Waals surface area contributed by atoms with E-state index < -0.39 is 21.9 Å². The summed E-state index contributed by atoms with van der Waals surface area (Å²) in [5, 5.41) is 10.6. The van der Waals surface area contributed by atoms with Crippen molar-refractivity contribution in [2.75, 3.05) is 23.9 Å². The number of pyridine rings is 1. The van der Waals surface area contributed by atoms with E-state index in [0.717, 1.165) is 55.1 Å². The van der Waals surface area contributed by atoms with Crippen molar-refractivity contribution in [2.24, 2.45) is 0 Å². The highest BCUT2D eigenvalue weighted by Gasteiger charge is 2.24. The van der Waals surface area contributed by atoms with Crippen LogP contribution >= 0.6 is 23.4 Å². The van der Waals surface area contributed by atoms with Crippen LogP contribution in [0.1, 0.15) is 49.4 Å². The maximum Gasteiger partial charge on any atom is 0.316 e. The lowest BCUT2D eigenvalue weighted by Crippen LogP contribution is -2.33. The van der Waals surface area contributed by atoms with Gasteiger partial charge in [0, 0.05) is 10.7 Å². The minimum absolute atomic E-state index is 0.0256. The van der Waals surface area contributed by atoms with Crippen molar-refractivity contribution in [1.29, 1.82) is 5.26 Å². The first-order valence-corrected chi connectivity index (χ1v) is 14.8. The molecule has 1 aromatic heterocycles. The van der Waals surface area contributed by atoms with Gasteiger partial charge in [-0.05, 0) is 68.0 Å². The number of aryl methyl sites for hydroxylation is 2. The van der Waals surface area contributed by atoms with Crippen LogP contribution in [0.2, 0.25) is 5.02 Å². The van der Waals surface area contributed by atoms with Crippen molar-refractivity contribution in [3.05, 3.63) is 52.2 Å². The number of ether oxygens (including phenoxy) is 2. The zero-order valence-corrected chi connectivity index (χ0v) is 22.1. The van der Waals surface area contributed by atoms with Crippen LogP contribution in [0, 0.1) is 11.3 Å². The van der Waals surface area contributed by atoms with Gasteiger partial charge in [-0.1, -0.05) is 36.7 Å². The maximum atomic E-state index is 12.6. The summed E-state index contributed by atoms with van der Waals surface area (Å²) in [4.78, 5) is 17.3. The van der Waals surface area contributed by atoms with Crippen LogP contribution in [0.25, 0.3) is 0 Å². The second-order valence-corrected chi connectivity index (χ2v) is 12.0. The van der Waals surface area contributed by atoms with Gasteiger partial charge in [0.1, 0.15) is 29.6 Å². The number of esters is 1. The molecule has 0 fully saturated rings. The smallest absolute Gasteiger partial charge is 0.316 e. The SMILES string of the molecule is CCCCS(=O)(=O)CC(COc1ccc(Cl)cc1)OC(=O)CSc1nc2c(cc1C#N)CCCC2. The van der Waals surface area contributed by atoms with Gasteiger partial charge in [-0.2, -0.15) is 5.26 Å². The molecule has 1 heterocycles. The van der Waals surface area contributed by atoms with E-state index in [9.17, 15) is 18.5 Å². The highest BCUT2D eigenvalue weighted by atomic mass is 35.5. The number of hydrogen-bond donors (Lipinski definition) is 0. The lowest BCUT2D eigenvalue weighted by molar-refractivity contribution is -0.146. The van der Waals surface area contributed by atoms with Gasteiger partial charge < -0.3 is 9.47 Å². The Balaban J connectivity index is 1.65. The largest absolute Gasteiger partial charge is 0.490 e. The quantitative estimate of drug-likeness (QED) is 0.282. The van der Waals surface area contributed by atoms with Gasteiger partial charge in [0.2, 0.25) is 0 Å². The van der Waals surface area contributed by atoms with Crippen LogP contribution in [0.5, 0.6) is 5.75 Å². The molecule has 0 N–H and O–H groups in total. The average molecular weight is 537 g/mol. The van der Waals surface area contributed by atoms with Crippen molar-refractivity contribution in [1.82, 2.24) is 4.98 Å². The van der Waals surface area contributed by atoms with E-state index in [-0.39, 0.29) is 23.9 Å². The molecular weight excluding hydrogens is 508 g/mol. The summed E-state index contributed by atoms with van der Waals surface area (Å²) in [6.45, 7) is 1.81. The Morgan fingerprint density at radius 1 is 1.26 bits per heavy atom. The Morgan fingerprint density at radius 2 is 2.00 bits per heavy atom. The molecule has 7 nitrogen and oxygen atoms in total. The van der Waals surface area contributed by atoms with Crippen LogP contribution < -0.4 is 4.74 Å². The molecule has 3 rings (SSSR count). The summed E-state index contributed by atoms with van der Waals surface area (Å²) in [6.07, 6.45) is 4.23. The summed E-state index contributed by atoms with van der Waals surface area (Å²) in [7, 11) is -3.43. The standard InChI is InChI=1S/C25H29ClN2O5S2/c1-2-3-12-35(30,31)17-22(15-32-21-10-8-20(26)9-11-21)33-24(29)16-34-25-19(14-27)13-18-6-4-5-7-23(18)28-25/h8-11,13,22H,2-7,12,15-17H2,1H3. The molecule has 0 spiro atoms.